The molecular weight excluding hydrogens is 428 g/mol. The molecule has 1 aromatic carbocycles. The number of pyridine rings is 1. The van der Waals surface area contributed by atoms with E-state index in [1.54, 1.807) is 4.90 Å². The van der Waals surface area contributed by atoms with Crippen molar-refractivity contribution in [2.75, 3.05) is 29.1 Å². The maximum atomic E-state index is 12.1. The largest absolute Gasteiger partial charge is 0.506 e. The first kappa shape index (κ1) is 22.3. The van der Waals surface area contributed by atoms with Crippen molar-refractivity contribution in [1.29, 1.82) is 0 Å². The molecule has 1 saturated heterocycles. The van der Waals surface area contributed by atoms with Gasteiger partial charge < -0.3 is 20.4 Å². The molecule has 2 aromatic rings. The van der Waals surface area contributed by atoms with Crippen molar-refractivity contribution < 1.29 is 28.3 Å². The van der Waals surface area contributed by atoms with Crippen LogP contribution < -0.4 is 10.2 Å². The van der Waals surface area contributed by atoms with Crippen molar-refractivity contribution >= 4 is 38.8 Å². The number of aliphatic carboxylic acids is 1. The van der Waals surface area contributed by atoms with Gasteiger partial charge in [0.2, 0.25) is 5.82 Å². The third-order valence-corrected chi connectivity index (χ3v) is 6.90. The summed E-state index contributed by atoms with van der Waals surface area (Å²) in [6.07, 6.45) is 0.674. The first-order valence-corrected chi connectivity index (χ1v) is 11.2. The van der Waals surface area contributed by atoms with Crippen LogP contribution >= 0.6 is 0 Å². The van der Waals surface area contributed by atoms with E-state index in [0.29, 0.717) is 25.9 Å². The molecule has 0 spiro atoms. The topological polar surface area (TPSA) is 163 Å². The standard InChI is InChI=1S/C19H22N4O7S/c1-2-31(29,30)13-3-5-16(24)14(11-13)20-17-6-4-15(23(27)28)18(21-17)22-9-7-12(8-10-22)19(25)26/h3-6,11-12,24H,2,7-10H2,1H3,(H,20,21)(H,25,26). The fourth-order valence-corrected chi connectivity index (χ4v) is 4.24. The minimum atomic E-state index is -3.50. The number of aromatic hydroxyl groups is 1. The average Bonchev–Trinajstić information content (AvgIpc) is 2.75. The number of piperidine rings is 1. The molecule has 12 heteroatoms. The number of rotatable bonds is 7. The van der Waals surface area contributed by atoms with Gasteiger partial charge in [-0.15, -0.1) is 0 Å². The lowest BCUT2D eigenvalue weighted by molar-refractivity contribution is -0.384. The number of benzene rings is 1. The molecule has 1 fully saturated rings. The van der Waals surface area contributed by atoms with E-state index in [-0.39, 0.29) is 39.4 Å². The number of carboxylic acid groups (broad SMARTS) is 1. The van der Waals surface area contributed by atoms with E-state index in [9.17, 15) is 28.4 Å². The van der Waals surface area contributed by atoms with Gasteiger partial charge in [0, 0.05) is 19.2 Å². The summed E-state index contributed by atoms with van der Waals surface area (Å²) in [7, 11) is -3.50. The Bertz CT molecular complexity index is 1110. The third kappa shape index (κ3) is 4.85. The highest BCUT2D eigenvalue weighted by molar-refractivity contribution is 7.91. The van der Waals surface area contributed by atoms with Gasteiger partial charge in [0.05, 0.1) is 27.2 Å². The van der Waals surface area contributed by atoms with Gasteiger partial charge in [0.25, 0.3) is 0 Å². The first-order chi connectivity index (χ1) is 14.6. The van der Waals surface area contributed by atoms with E-state index in [1.165, 1.54) is 37.3 Å². The first-order valence-electron chi connectivity index (χ1n) is 9.58. The Labute approximate surface area is 178 Å². The minimum Gasteiger partial charge on any atom is -0.506 e. The SMILES string of the molecule is CCS(=O)(=O)c1ccc(O)c(Nc2ccc([N+](=O)[O-])c(N3CCC(C(=O)O)CC3)n2)c1. The van der Waals surface area contributed by atoms with Crippen LogP contribution in [0.5, 0.6) is 5.75 Å². The van der Waals surface area contributed by atoms with Gasteiger partial charge in [-0.25, -0.2) is 13.4 Å². The van der Waals surface area contributed by atoms with Crippen LogP contribution in [-0.2, 0) is 14.6 Å². The van der Waals surface area contributed by atoms with E-state index in [4.69, 9.17) is 5.11 Å². The molecule has 3 rings (SSSR count). The van der Waals surface area contributed by atoms with Crippen molar-refractivity contribution in [3.63, 3.8) is 0 Å². The zero-order valence-corrected chi connectivity index (χ0v) is 17.5. The van der Waals surface area contributed by atoms with Gasteiger partial charge in [-0.1, -0.05) is 6.92 Å². The van der Waals surface area contributed by atoms with E-state index in [1.807, 2.05) is 0 Å². The highest BCUT2D eigenvalue weighted by Crippen LogP contribution is 2.34. The maximum Gasteiger partial charge on any atom is 0.311 e. The number of nitrogens with zero attached hydrogens (tertiary/aromatic N) is 3. The normalized spacial score (nSPS) is 14.9. The molecule has 1 aromatic heterocycles. The van der Waals surface area contributed by atoms with Gasteiger partial charge in [0.15, 0.2) is 9.84 Å². The van der Waals surface area contributed by atoms with Crippen molar-refractivity contribution in [2.45, 2.75) is 24.7 Å². The molecule has 2 heterocycles. The number of phenolic OH excluding ortho intramolecular Hbond substituents is 1. The van der Waals surface area contributed by atoms with Gasteiger partial charge in [-0.05, 0) is 37.1 Å². The van der Waals surface area contributed by atoms with Crippen LogP contribution in [0.15, 0.2) is 35.2 Å². The van der Waals surface area contributed by atoms with E-state index < -0.39 is 26.6 Å². The molecule has 166 valence electrons. The minimum absolute atomic E-state index is 0.0215. The second-order valence-electron chi connectivity index (χ2n) is 7.10. The van der Waals surface area contributed by atoms with Crippen LogP contribution in [0.25, 0.3) is 0 Å². The molecule has 0 atom stereocenters. The Morgan fingerprint density at radius 3 is 2.55 bits per heavy atom. The molecule has 3 N–H and O–H groups in total. The number of phenols is 1. The summed E-state index contributed by atoms with van der Waals surface area (Å²) in [5.41, 5.74) is -0.141. The summed E-state index contributed by atoms with van der Waals surface area (Å²) in [5, 5.41) is 33.5. The molecule has 0 bridgehead atoms. The Morgan fingerprint density at radius 2 is 1.97 bits per heavy atom. The lowest BCUT2D eigenvalue weighted by atomic mass is 9.97. The van der Waals surface area contributed by atoms with Crippen molar-refractivity contribution in [2.24, 2.45) is 5.92 Å². The maximum absolute atomic E-state index is 12.1. The van der Waals surface area contributed by atoms with Crippen LogP contribution in [0.4, 0.5) is 23.0 Å². The Balaban J connectivity index is 1.92. The summed E-state index contributed by atoms with van der Waals surface area (Å²) < 4.78 is 24.2. The molecule has 1 aliphatic rings. The summed E-state index contributed by atoms with van der Waals surface area (Å²) in [5.74, 6) is -1.47. The summed E-state index contributed by atoms with van der Waals surface area (Å²) >= 11 is 0. The lowest BCUT2D eigenvalue weighted by Crippen LogP contribution is -2.37. The zero-order chi connectivity index (χ0) is 22.8. The van der Waals surface area contributed by atoms with Gasteiger partial charge >= 0.3 is 11.7 Å². The molecule has 31 heavy (non-hydrogen) atoms. The third-order valence-electron chi connectivity index (χ3n) is 5.16. The number of hydrogen-bond acceptors (Lipinski definition) is 9. The molecule has 0 aliphatic carbocycles. The number of anilines is 3. The summed E-state index contributed by atoms with van der Waals surface area (Å²) in [4.78, 5) is 28.0. The number of carboxylic acids is 1. The summed E-state index contributed by atoms with van der Waals surface area (Å²) in [6.45, 7) is 2.10. The summed E-state index contributed by atoms with van der Waals surface area (Å²) in [6, 6.07) is 6.42. The van der Waals surface area contributed by atoms with Crippen molar-refractivity contribution in [1.82, 2.24) is 4.98 Å². The van der Waals surface area contributed by atoms with Crippen molar-refractivity contribution in [3.8, 4) is 5.75 Å². The van der Waals surface area contributed by atoms with Crippen molar-refractivity contribution in [3.05, 3.63) is 40.4 Å². The molecule has 0 saturated carbocycles. The molecule has 11 nitrogen and oxygen atoms in total. The number of aromatic nitrogens is 1. The van der Waals surface area contributed by atoms with Gasteiger partial charge in [-0.2, -0.15) is 0 Å². The molecular formula is C19H22N4O7S. The van der Waals surface area contributed by atoms with E-state index in [2.05, 4.69) is 10.3 Å². The van der Waals surface area contributed by atoms with Gasteiger partial charge in [-0.3, -0.25) is 14.9 Å². The fraction of sp³-hybridized carbons (Fsp3) is 0.368. The predicted octanol–water partition coefficient (Wildman–Crippen LogP) is 2.53. The molecule has 0 amide bonds. The smallest absolute Gasteiger partial charge is 0.311 e. The van der Waals surface area contributed by atoms with E-state index >= 15 is 0 Å². The van der Waals surface area contributed by atoms with Gasteiger partial charge in [0.1, 0.15) is 11.6 Å². The van der Waals surface area contributed by atoms with Crippen LogP contribution in [0, 0.1) is 16.0 Å². The highest BCUT2D eigenvalue weighted by Gasteiger charge is 2.29. The number of sulfone groups is 1. The Hall–Kier alpha value is -3.41. The molecule has 0 unspecified atom stereocenters. The second-order valence-corrected chi connectivity index (χ2v) is 9.38. The number of nitrogens with one attached hydrogen (secondary N) is 1. The number of nitro groups is 1. The second kappa shape index (κ2) is 8.76. The predicted molar refractivity (Wildman–Crippen MR) is 113 cm³/mol. The lowest BCUT2D eigenvalue weighted by Gasteiger charge is -2.30. The fourth-order valence-electron chi connectivity index (χ4n) is 3.34. The average molecular weight is 450 g/mol. The van der Waals surface area contributed by atoms with Crippen LogP contribution in [0.3, 0.4) is 0 Å². The Morgan fingerprint density at radius 1 is 1.29 bits per heavy atom. The number of carbonyl (C=O) groups is 1. The zero-order valence-electron chi connectivity index (χ0n) is 16.7. The van der Waals surface area contributed by atoms with Crippen LogP contribution in [0.1, 0.15) is 19.8 Å². The van der Waals surface area contributed by atoms with Crippen LogP contribution in [0.2, 0.25) is 0 Å². The van der Waals surface area contributed by atoms with E-state index in [0.717, 1.165) is 0 Å². The quantitative estimate of drug-likeness (QED) is 0.324. The molecule has 0 radical (unpaired) electrons. The number of hydrogen-bond donors (Lipinski definition) is 3. The Kier molecular flexibility index (Phi) is 6.29. The highest BCUT2D eigenvalue weighted by atomic mass is 32.2. The monoisotopic (exact) mass is 450 g/mol. The molecule has 1 aliphatic heterocycles. The van der Waals surface area contributed by atoms with Crippen LogP contribution in [-0.4, -0.2) is 53.3 Å².